The van der Waals surface area contributed by atoms with E-state index >= 15 is 0 Å². The van der Waals surface area contributed by atoms with Crippen molar-refractivity contribution >= 4 is 50.5 Å². The summed E-state index contributed by atoms with van der Waals surface area (Å²) in [4.78, 5) is 33.1. The van der Waals surface area contributed by atoms with E-state index in [0.717, 1.165) is 21.7 Å². The number of nitrogens with one attached hydrogen (secondary N) is 1. The highest BCUT2D eigenvalue weighted by Gasteiger charge is 2.31. The molecule has 0 radical (unpaired) electrons. The second-order valence-corrected chi connectivity index (χ2v) is 9.79. The minimum absolute atomic E-state index is 0.00624. The number of anilines is 1. The van der Waals surface area contributed by atoms with Crippen molar-refractivity contribution in [3.63, 3.8) is 0 Å². The van der Waals surface area contributed by atoms with Crippen molar-refractivity contribution in [1.29, 1.82) is 0 Å². The molecule has 0 fully saturated rings. The van der Waals surface area contributed by atoms with E-state index in [1.165, 1.54) is 29.5 Å². The van der Waals surface area contributed by atoms with Crippen molar-refractivity contribution in [2.45, 2.75) is 17.6 Å². The Hall–Kier alpha value is -3.84. The third-order valence-electron chi connectivity index (χ3n) is 4.75. The lowest BCUT2D eigenvalue weighted by Gasteiger charge is -2.13. The predicted molar refractivity (Wildman–Crippen MR) is 123 cm³/mol. The number of thiophene rings is 1. The second-order valence-electron chi connectivity index (χ2n) is 6.95. The zero-order chi connectivity index (χ0) is 24.6. The van der Waals surface area contributed by atoms with Crippen molar-refractivity contribution in [3.8, 4) is 10.6 Å². The summed E-state index contributed by atoms with van der Waals surface area (Å²) < 4.78 is 51.5. The summed E-state index contributed by atoms with van der Waals surface area (Å²) in [6.45, 7) is 5.16. The molecule has 2 amide bonds. The molecule has 0 bridgehead atoms. The van der Waals surface area contributed by atoms with Gasteiger partial charge in [0.15, 0.2) is 0 Å². The first-order valence-electron chi connectivity index (χ1n) is 9.54. The molecule has 0 atom stereocenters. The Kier molecular flexibility index (Phi) is 6.06. The monoisotopic (exact) mass is 503 g/mol. The standard InChI is InChI=1S/C21H15F2N5O4S2/c1-11-12(2)24-21(26-18(11)29)28-17(10-14(27-28)15-7-5-9-33-15)25-19(30)13-6-3-4-8-16(13)34(31,32)20(22)23/h3-10,20H,1H2,2H3,(H,25,30). The van der Waals surface area contributed by atoms with Gasteiger partial charge in [0.1, 0.15) is 11.5 Å². The largest absolute Gasteiger partial charge is 0.341 e. The van der Waals surface area contributed by atoms with Crippen LogP contribution in [0, 0.1) is 0 Å². The highest BCUT2D eigenvalue weighted by molar-refractivity contribution is 7.91. The molecule has 1 aromatic carbocycles. The molecule has 0 aliphatic carbocycles. The van der Waals surface area contributed by atoms with Gasteiger partial charge < -0.3 is 5.32 Å². The molecule has 0 saturated carbocycles. The van der Waals surface area contributed by atoms with Gasteiger partial charge >= 0.3 is 5.76 Å². The molecule has 4 rings (SSSR count). The van der Waals surface area contributed by atoms with Gasteiger partial charge in [0.25, 0.3) is 17.8 Å². The maximum absolute atomic E-state index is 13.1. The van der Waals surface area contributed by atoms with E-state index in [1.807, 2.05) is 5.38 Å². The third-order valence-corrected chi connectivity index (χ3v) is 7.08. The van der Waals surface area contributed by atoms with Crippen LogP contribution in [0.25, 0.3) is 10.6 Å². The Morgan fingerprint density at radius 1 is 1.18 bits per heavy atom. The Morgan fingerprint density at radius 2 is 1.91 bits per heavy atom. The minimum atomic E-state index is -5.04. The SMILES string of the molecule is C=C1C(=O)N=C(n2nc(-c3cccs3)cc2NC(=O)c2ccccc2S(=O)(=O)C(F)F)N=C1C. The Bertz CT molecular complexity index is 1490. The number of rotatable bonds is 5. The smallest absolute Gasteiger partial charge is 0.306 e. The normalized spacial score (nSPS) is 14.2. The molecule has 3 heterocycles. The Morgan fingerprint density at radius 3 is 2.56 bits per heavy atom. The fraction of sp³-hybridized carbons (Fsp3) is 0.0952. The lowest BCUT2D eigenvalue weighted by molar-refractivity contribution is -0.113. The quantitative estimate of drug-likeness (QED) is 0.533. The molecule has 9 nitrogen and oxygen atoms in total. The minimum Gasteiger partial charge on any atom is -0.306 e. The number of benzene rings is 1. The molecule has 1 N–H and O–H groups in total. The van der Waals surface area contributed by atoms with Crippen molar-refractivity contribution in [1.82, 2.24) is 9.78 Å². The Labute approximate surface area is 196 Å². The number of alkyl halides is 2. The van der Waals surface area contributed by atoms with E-state index < -0.39 is 37.9 Å². The van der Waals surface area contributed by atoms with Crippen LogP contribution in [0.4, 0.5) is 14.6 Å². The number of nitrogens with zero attached hydrogens (tertiary/aromatic N) is 4. The number of carbonyl (C=O) groups is 2. The summed E-state index contributed by atoms with van der Waals surface area (Å²) in [7, 11) is -5.04. The Balaban J connectivity index is 1.79. The van der Waals surface area contributed by atoms with Gasteiger partial charge in [0, 0.05) is 6.07 Å². The van der Waals surface area contributed by atoms with Crippen LogP contribution in [0.2, 0.25) is 0 Å². The maximum Gasteiger partial charge on any atom is 0.341 e. The zero-order valence-electron chi connectivity index (χ0n) is 17.4. The van der Waals surface area contributed by atoms with Crippen LogP contribution in [0.1, 0.15) is 17.3 Å². The lowest BCUT2D eigenvalue weighted by atomic mass is 10.2. The third kappa shape index (κ3) is 4.22. The first kappa shape index (κ1) is 23.3. The lowest BCUT2D eigenvalue weighted by Crippen LogP contribution is -2.26. The van der Waals surface area contributed by atoms with Gasteiger partial charge in [0.05, 0.1) is 26.6 Å². The molecule has 0 saturated heterocycles. The predicted octanol–water partition coefficient (Wildman–Crippen LogP) is 3.62. The molecule has 13 heteroatoms. The summed E-state index contributed by atoms with van der Waals surface area (Å²) in [5.41, 5.74) is 0.328. The molecule has 0 unspecified atom stereocenters. The maximum atomic E-state index is 13.1. The number of sulfone groups is 1. The molecule has 1 aliphatic heterocycles. The van der Waals surface area contributed by atoms with Crippen LogP contribution in [-0.4, -0.2) is 47.4 Å². The summed E-state index contributed by atoms with van der Waals surface area (Å²) in [6.07, 6.45) is 0. The van der Waals surface area contributed by atoms with Crippen molar-refractivity contribution in [3.05, 3.63) is 65.6 Å². The van der Waals surface area contributed by atoms with Crippen LogP contribution in [0.5, 0.6) is 0 Å². The van der Waals surface area contributed by atoms with E-state index in [2.05, 4.69) is 27.0 Å². The van der Waals surface area contributed by atoms with Gasteiger partial charge in [-0.25, -0.2) is 13.4 Å². The number of hydrogen-bond acceptors (Lipinski definition) is 7. The number of amides is 2. The van der Waals surface area contributed by atoms with E-state index in [1.54, 1.807) is 19.1 Å². The topological polar surface area (TPSA) is 123 Å². The number of halogens is 2. The zero-order valence-corrected chi connectivity index (χ0v) is 19.0. The molecular formula is C21H15F2N5O4S2. The van der Waals surface area contributed by atoms with Crippen molar-refractivity contribution < 1.29 is 26.8 Å². The van der Waals surface area contributed by atoms with Crippen LogP contribution >= 0.6 is 11.3 Å². The first-order chi connectivity index (χ1) is 16.1. The molecule has 2 aromatic heterocycles. The summed E-state index contributed by atoms with van der Waals surface area (Å²) in [5.74, 6) is -5.48. The highest BCUT2D eigenvalue weighted by Crippen LogP contribution is 2.28. The number of hydrogen-bond donors (Lipinski definition) is 1. The first-order valence-corrected chi connectivity index (χ1v) is 12.0. The van der Waals surface area contributed by atoms with Crippen LogP contribution in [0.3, 0.4) is 0 Å². The van der Waals surface area contributed by atoms with Gasteiger partial charge in [-0.05, 0) is 30.5 Å². The average molecular weight is 504 g/mol. The highest BCUT2D eigenvalue weighted by atomic mass is 32.2. The summed E-state index contributed by atoms with van der Waals surface area (Å²) in [6, 6.07) is 9.64. The summed E-state index contributed by atoms with van der Waals surface area (Å²) >= 11 is 1.36. The van der Waals surface area contributed by atoms with Gasteiger partial charge in [-0.3, -0.25) is 9.59 Å². The van der Waals surface area contributed by atoms with Gasteiger partial charge in [-0.2, -0.15) is 23.6 Å². The van der Waals surface area contributed by atoms with E-state index in [9.17, 15) is 26.8 Å². The fourth-order valence-corrected chi connectivity index (χ4v) is 4.61. The van der Waals surface area contributed by atoms with Gasteiger partial charge in [-0.1, -0.05) is 24.8 Å². The van der Waals surface area contributed by atoms with E-state index in [-0.39, 0.29) is 17.4 Å². The molecular weight excluding hydrogens is 488 g/mol. The summed E-state index contributed by atoms with van der Waals surface area (Å²) in [5, 5.41) is 8.65. The molecule has 3 aromatic rings. The number of aliphatic imine (C=N–C) groups is 2. The second kappa shape index (κ2) is 8.83. The van der Waals surface area contributed by atoms with E-state index in [4.69, 9.17) is 0 Å². The molecule has 1 aliphatic rings. The molecule has 0 spiro atoms. The van der Waals surface area contributed by atoms with E-state index in [0.29, 0.717) is 11.4 Å². The fourth-order valence-electron chi connectivity index (χ4n) is 3.00. The van der Waals surface area contributed by atoms with Gasteiger partial charge in [-0.15, -0.1) is 11.3 Å². The van der Waals surface area contributed by atoms with Gasteiger partial charge in [0.2, 0.25) is 9.84 Å². The van der Waals surface area contributed by atoms with Crippen molar-refractivity contribution in [2.75, 3.05) is 5.32 Å². The van der Waals surface area contributed by atoms with Crippen molar-refractivity contribution in [2.24, 2.45) is 9.98 Å². The number of aromatic nitrogens is 2. The average Bonchev–Trinajstić information content (AvgIpc) is 3.47. The van der Waals surface area contributed by atoms with Crippen LogP contribution in [-0.2, 0) is 14.6 Å². The number of carbonyl (C=O) groups excluding carboxylic acids is 2. The van der Waals surface area contributed by atoms with Crippen LogP contribution < -0.4 is 5.32 Å². The molecule has 34 heavy (non-hydrogen) atoms. The molecule has 174 valence electrons. The van der Waals surface area contributed by atoms with Crippen LogP contribution in [0.15, 0.2) is 74.9 Å².